The van der Waals surface area contributed by atoms with Gasteiger partial charge in [0.1, 0.15) is 11.6 Å². The standard InChI is InChI=1S/C10H6ClFN2O/c11-9-4-5-10(14-13-9)15-8-3-1-2-7(12)6-8/h1-6H. The fraction of sp³-hybridized carbons (Fsp3) is 0. The van der Waals surface area contributed by atoms with Crippen molar-refractivity contribution in [2.75, 3.05) is 0 Å². The molecular weight excluding hydrogens is 219 g/mol. The Bertz CT molecular complexity index is 461. The lowest BCUT2D eigenvalue weighted by Crippen LogP contribution is -1.90. The highest BCUT2D eigenvalue weighted by Crippen LogP contribution is 2.19. The fourth-order valence-electron chi connectivity index (χ4n) is 1.01. The van der Waals surface area contributed by atoms with E-state index in [0.717, 1.165) is 0 Å². The Morgan fingerprint density at radius 3 is 2.67 bits per heavy atom. The Hall–Kier alpha value is -1.68. The van der Waals surface area contributed by atoms with Crippen LogP contribution in [0.5, 0.6) is 11.6 Å². The van der Waals surface area contributed by atoms with Gasteiger partial charge < -0.3 is 4.74 Å². The lowest BCUT2D eigenvalue weighted by Gasteiger charge is -2.02. The summed E-state index contributed by atoms with van der Waals surface area (Å²) >= 11 is 5.55. The highest BCUT2D eigenvalue weighted by atomic mass is 35.5. The van der Waals surface area contributed by atoms with Crippen LogP contribution in [-0.4, -0.2) is 10.2 Å². The number of halogens is 2. The van der Waals surface area contributed by atoms with E-state index < -0.39 is 0 Å². The molecule has 0 bridgehead atoms. The van der Waals surface area contributed by atoms with Crippen LogP contribution in [0.4, 0.5) is 4.39 Å². The minimum atomic E-state index is -0.366. The van der Waals surface area contributed by atoms with Gasteiger partial charge in [-0.25, -0.2) is 4.39 Å². The summed E-state index contributed by atoms with van der Waals surface area (Å²) in [5.41, 5.74) is 0. The topological polar surface area (TPSA) is 35.0 Å². The monoisotopic (exact) mass is 224 g/mol. The van der Waals surface area contributed by atoms with E-state index in [-0.39, 0.29) is 16.9 Å². The third-order valence-electron chi connectivity index (χ3n) is 1.63. The van der Waals surface area contributed by atoms with Crippen LogP contribution in [0.2, 0.25) is 5.15 Å². The molecule has 0 amide bonds. The number of benzene rings is 1. The third-order valence-corrected chi connectivity index (χ3v) is 1.83. The lowest BCUT2D eigenvalue weighted by atomic mass is 10.3. The third kappa shape index (κ3) is 2.63. The molecule has 15 heavy (non-hydrogen) atoms. The summed E-state index contributed by atoms with van der Waals surface area (Å²) in [5.74, 6) is 0.269. The molecule has 0 fully saturated rings. The Morgan fingerprint density at radius 2 is 2.00 bits per heavy atom. The first-order valence-corrected chi connectivity index (χ1v) is 4.54. The minimum absolute atomic E-state index is 0.269. The molecular formula is C10H6ClFN2O. The molecule has 1 heterocycles. The lowest BCUT2D eigenvalue weighted by molar-refractivity contribution is 0.451. The van der Waals surface area contributed by atoms with E-state index in [1.54, 1.807) is 24.3 Å². The minimum Gasteiger partial charge on any atom is -0.437 e. The second kappa shape index (κ2) is 4.23. The van der Waals surface area contributed by atoms with Crippen LogP contribution in [0.3, 0.4) is 0 Å². The second-order valence-corrected chi connectivity index (χ2v) is 3.14. The van der Waals surface area contributed by atoms with Crippen LogP contribution in [0.25, 0.3) is 0 Å². The highest BCUT2D eigenvalue weighted by molar-refractivity contribution is 6.29. The Morgan fingerprint density at radius 1 is 1.13 bits per heavy atom. The molecule has 0 N–H and O–H groups in total. The summed E-state index contributed by atoms with van der Waals surface area (Å²) in [4.78, 5) is 0. The molecule has 0 radical (unpaired) electrons. The molecule has 0 aliphatic rings. The zero-order chi connectivity index (χ0) is 10.7. The second-order valence-electron chi connectivity index (χ2n) is 2.75. The van der Waals surface area contributed by atoms with Gasteiger partial charge in [-0.1, -0.05) is 17.7 Å². The first-order valence-electron chi connectivity index (χ1n) is 4.17. The van der Waals surface area contributed by atoms with Gasteiger partial charge in [-0.2, -0.15) is 0 Å². The summed E-state index contributed by atoms with van der Waals surface area (Å²) in [5, 5.41) is 7.55. The molecule has 0 unspecified atom stereocenters. The van der Waals surface area contributed by atoms with E-state index in [1.807, 2.05) is 0 Å². The molecule has 0 atom stereocenters. The van der Waals surface area contributed by atoms with E-state index in [0.29, 0.717) is 5.75 Å². The maximum Gasteiger partial charge on any atom is 0.238 e. The van der Waals surface area contributed by atoms with Crippen LogP contribution < -0.4 is 4.74 Å². The van der Waals surface area contributed by atoms with Crippen molar-refractivity contribution < 1.29 is 9.13 Å². The SMILES string of the molecule is Fc1cccc(Oc2ccc(Cl)nn2)c1. The number of hydrogen-bond donors (Lipinski definition) is 0. The molecule has 0 aliphatic carbocycles. The average Bonchev–Trinajstić information content (AvgIpc) is 2.22. The summed E-state index contributed by atoms with van der Waals surface area (Å²) < 4.78 is 18.0. The van der Waals surface area contributed by atoms with E-state index in [1.165, 1.54) is 12.1 Å². The number of ether oxygens (including phenoxy) is 1. The van der Waals surface area contributed by atoms with E-state index >= 15 is 0 Å². The molecule has 3 nitrogen and oxygen atoms in total. The smallest absolute Gasteiger partial charge is 0.238 e. The number of nitrogens with zero attached hydrogens (tertiary/aromatic N) is 2. The molecule has 2 aromatic rings. The normalized spacial score (nSPS) is 10.0. The van der Waals surface area contributed by atoms with Gasteiger partial charge in [0, 0.05) is 12.1 Å². The maximum absolute atomic E-state index is 12.8. The molecule has 1 aromatic carbocycles. The van der Waals surface area contributed by atoms with Crippen molar-refractivity contribution in [1.82, 2.24) is 10.2 Å². The quantitative estimate of drug-likeness (QED) is 0.786. The summed E-state index contributed by atoms with van der Waals surface area (Å²) in [6.45, 7) is 0. The van der Waals surface area contributed by atoms with Crippen molar-refractivity contribution in [1.29, 1.82) is 0 Å². The van der Waals surface area contributed by atoms with Crippen molar-refractivity contribution in [2.45, 2.75) is 0 Å². The van der Waals surface area contributed by atoms with Gasteiger partial charge in [0.05, 0.1) is 0 Å². The van der Waals surface area contributed by atoms with Gasteiger partial charge in [0.25, 0.3) is 0 Å². The van der Waals surface area contributed by atoms with E-state index in [9.17, 15) is 4.39 Å². The van der Waals surface area contributed by atoms with Crippen molar-refractivity contribution in [3.63, 3.8) is 0 Å². The van der Waals surface area contributed by atoms with Crippen LogP contribution in [0.15, 0.2) is 36.4 Å². The van der Waals surface area contributed by atoms with Crippen molar-refractivity contribution in [2.24, 2.45) is 0 Å². The van der Waals surface area contributed by atoms with Gasteiger partial charge in [-0.15, -0.1) is 10.2 Å². The molecule has 0 saturated heterocycles. The van der Waals surface area contributed by atoms with Gasteiger partial charge in [-0.3, -0.25) is 0 Å². The number of hydrogen-bond acceptors (Lipinski definition) is 3. The van der Waals surface area contributed by atoms with Crippen molar-refractivity contribution >= 4 is 11.6 Å². The highest BCUT2D eigenvalue weighted by Gasteiger charge is 2.00. The number of rotatable bonds is 2. The predicted molar refractivity (Wildman–Crippen MR) is 53.5 cm³/mol. The first kappa shape index (κ1) is 9.86. The van der Waals surface area contributed by atoms with Gasteiger partial charge in [0.2, 0.25) is 5.88 Å². The Kier molecular flexibility index (Phi) is 2.78. The molecule has 0 saturated carbocycles. The van der Waals surface area contributed by atoms with Crippen molar-refractivity contribution in [3.05, 3.63) is 47.4 Å². The predicted octanol–water partition coefficient (Wildman–Crippen LogP) is 3.06. The van der Waals surface area contributed by atoms with E-state index in [4.69, 9.17) is 16.3 Å². The molecule has 5 heteroatoms. The molecule has 2 rings (SSSR count). The van der Waals surface area contributed by atoms with Crippen LogP contribution in [0, 0.1) is 5.82 Å². The zero-order valence-electron chi connectivity index (χ0n) is 7.52. The van der Waals surface area contributed by atoms with Crippen LogP contribution in [0.1, 0.15) is 0 Å². The number of aromatic nitrogens is 2. The molecule has 0 aliphatic heterocycles. The summed E-state index contributed by atoms with van der Waals surface area (Å²) in [7, 11) is 0. The van der Waals surface area contributed by atoms with Gasteiger partial charge in [-0.05, 0) is 18.2 Å². The Labute approximate surface area is 90.5 Å². The molecule has 1 aromatic heterocycles. The molecule has 0 spiro atoms. The summed E-state index contributed by atoms with van der Waals surface area (Å²) in [6, 6.07) is 8.87. The van der Waals surface area contributed by atoms with Crippen LogP contribution >= 0.6 is 11.6 Å². The maximum atomic E-state index is 12.8. The summed E-state index contributed by atoms with van der Waals surface area (Å²) in [6.07, 6.45) is 0. The Balaban J connectivity index is 2.18. The fourth-order valence-corrected chi connectivity index (χ4v) is 1.11. The van der Waals surface area contributed by atoms with E-state index in [2.05, 4.69) is 10.2 Å². The van der Waals surface area contributed by atoms with Crippen LogP contribution in [-0.2, 0) is 0 Å². The molecule has 76 valence electrons. The zero-order valence-corrected chi connectivity index (χ0v) is 8.28. The van der Waals surface area contributed by atoms with Crippen molar-refractivity contribution in [3.8, 4) is 11.6 Å². The first-order chi connectivity index (χ1) is 7.24. The van der Waals surface area contributed by atoms with Gasteiger partial charge in [0.15, 0.2) is 5.15 Å². The average molecular weight is 225 g/mol. The van der Waals surface area contributed by atoms with Gasteiger partial charge >= 0.3 is 0 Å². The largest absolute Gasteiger partial charge is 0.437 e.